The zero-order valence-corrected chi connectivity index (χ0v) is 8.56. The van der Waals surface area contributed by atoms with Gasteiger partial charge in [-0.25, -0.2) is 0 Å². The molecule has 74 valence electrons. The summed E-state index contributed by atoms with van der Waals surface area (Å²) in [5.41, 5.74) is 2.53. The fourth-order valence-corrected chi connectivity index (χ4v) is 1.81. The van der Waals surface area contributed by atoms with Crippen molar-refractivity contribution in [1.29, 1.82) is 5.26 Å². The van der Waals surface area contributed by atoms with Crippen LogP contribution in [0, 0.1) is 11.5 Å². The highest BCUT2D eigenvalue weighted by atomic mass is 15.3. The van der Waals surface area contributed by atoms with Crippen LogP contribution in [0.25, 0.3) is 0 Å². The SMILES string of the molecule is CC1=C2CN(C#N)CCN2C=NC1C. The minimum Gasteiger partial charge on any atom is -0.333 e. The van der Waals surface area contributed by atoms with E-state index in [0.29, 0.717) is 0 Å². The van der Waals surface area contributed by atoms with Crippen molar-refractivity contribution < 1.29 is 0 Å². The molecule has 0 aromatic carbocycles. The maximum atomic E-state index is 8.83. The van der Waals surface area contributed by atoms with Gasteiger partial charge >= 0.3 is 0 Å². The maximum absolute atomic E-state index is 8.83. The molecule has 1 saturated heterocycles. The number of rotatable bonds is 0. The van der Waals surface area contributed by atoms with E-state index in [1.54, 1.807) is 4.90 Å². The Morgan fingerprint density at radius 2 is 2.36 bits per heavy atom. The molecule has 0 radical (unpaired) electrons. The molecule has 0 saturated carbocycles. The van der Waals surface area contributed by atoms with Crippen molar-refractivity contribution >= 4 is 6.34 Å². The van der Waals surface area contributed by atoms with E-state index in [-0.39, 0.29) is 6.04 Å². The summed E-state index contributed by atoms with van der Waals surface area (Å²) in [5, 5.41) is 8.83. The number of nitriles is 1. The molecule has 0 spiro atoms. The van der Waals surface area contributed by atoms with Gasteiger partial charge in [0.2, 0.25) is 0 Å². The molecule has 0 N–H and O–H groups in total. The molecule has 4 heteroatoms. The van der Waals surface area contributed by atoms with Gasteiger partial charge in [0.1, 0.15) is 0 Å². The lowest BCUT2D eigenvalue weighted by molar-refractivity contribution is 0.292. The van der Waals surface area contributed by atoms with E-state index >= 15 is 0 Å². The summed E-state index contributed by atoms with van der Waals surface area (Å²) in [6, 6.07) is 0.264. The summed E-state index contributed by atoms with van der Waals surface area (Å²) in [4.78, 5) is 8.34. The summed E-state index contributed by atoms with van der Waals surface area (Å²) in [6.07, 6.45) is 4.10. The van der Waals surface area contributed by atoms with Crippen molar-refractivity contribution in [1.82, 2.24) is 9.80 Å². The standard InChI is InChI=1S/C10H14N4/c1-8-9(2)12-7-14-4-3-13(6-11)5-10(8)14/h7,9H,3-5H2,1-2H3. The van der Waals surface area contributed by atoms with Crippen LogP contribution in [0.3, 0.4) is 0 Å². The lowest BCUT2D eigenvalue weighted by atomic mass is 10.0. The monoisotopic (exact) mass is 190 g/mol. The molecular weight excluding hydrogens is 176 g/mol. The van der Waals surface area contributed by atoms with Crippen molar-refractivity contribution in [3.05, 3.63) is 11.3 Å². The first-order valence-electron chi connectivity index (χ1n) is 4.86. The van der Waals surface area contributed by atoms with Gasteiger partial charge in [-0.1, -0.05) is 0 Å². The normalized spacial score (nSPS) is 26.2. The second-order valence-electron chi connectivity index (χ2n) is 3.79. The van der Waals surface area contributed by atoms with Gasteiger partial charge in [-0.2, -0.15) is 5.26 Å². The molecule has 1 unspecified atom stereocenters. The highest BCUT2D eigenvalue weighted by Gasteiger charge is 2.25. The minimum absolute atomic E-state index is 0.264. The predicted molar refractivity (Wildman–Crippen MR) is 54.5 cm³/mol. The Morgan fingerprint density at radius 1 is 1.57 bits per heavy atom. The smallest absolute Gasteiger partial charge is 0.179 e. The maximum Gasteiger partial charge on any atom is 0.179 e. The van der Waals surface area contributed by atoms with Gasteiger partial charge in [0.15, 0.2) is 6.19 Å². The molecule has 1 atom stereocenters. The Kier molecular flexibility index (Phi) is 2.16. The topological polar surface area (TPSA) is 42.6 Å². The van der Waals surface area contributed by atoms with Crippen molar-refractivity contribution in [2.45, 2.75) is 19.9 Å². The van der Waals surface area contributed by atoms with Crippen LogP contribution in [0.15, 0.2) is 16.3 Å². The molecule has 0 aliphatic carbocycles. The zero-order chi connectivity index (χ0) is 10.1. The molecule has 0 amide bonds. The van der Waals surface area contributed by atoms with Crippen molar-refractivity contribution in [3.63, 3.8) is 0 Å². The third-order valence-electron chi connectivity index (χ3n) is 2.95. The highest BCUT2D eigenvalue weighted by Crippen LogP contribution is 2.22. The largest absolute Gasteiger partial charge is 0.333 e. The summed E-state index contributed by atoms with van der Waals surface area (Å²) in [6.45, 7) is 6.59. The van der Waals surface area contributed by atoms with Crippen LogP contribution in [0.1, 0.15) is 13.8 Å². The Bertz CT molecular complexity index is 337. The highest BCUT2D eigenvalue weighted by molar-refractivity contribution is 5.62. The van der Waals surface area contributed by atoms with E-state index in [0.717, 1.165) is 19.6 Å². The summed E-state index contributed by atoms with van der Waals surface area (Å²) >= 11 is 0. The first kappa shape index (κ1) is 9.07. The second-order valence-corrected chi connectivity index (χ2v) is 3.79. The Balaban J connectivity index is 2.25. The minimum atomic E-state index is 0.264. The molecule has 2 heterocycles. The van der Waals surface area contributed by atoms with Gasteiger partial charge in [-0.15, -0.1) is 0 Å². The van der Waals surface area contributed by atoms with Crippen molar-refractivity contribution in [2.75, 3.05) is 19.6 Å². The lowest BCUT2D eigenvalue weighted by Gasteiger charge is -2.37. The zero-order valence-electron chi connectivity index (χ0n) is 8.56. The summed E-state index contributed by atoms with van der Waals surface area (Å²) < 4.78 is 0. The van der Waals surface area contributed by atoms with Gasteiger partial charge in [-0.3, -0.25) is 4.99 Å². The number of aliphatic imine (C=N–C) groups is 1. The number of piperazine rings is 1. The van der Waals surface area contributed by atoms with Crippen LogP contribution in [0.2, 0.25) is 0 Å². The molecule has 4 nitrogen and oxygen atoms in total. The Hall–Kier alpha value is -1.50. The fraction of sp³-hybridized carbons (Fsp3) is 0.600. The first-order valence-corrected chi connectivity index (χ1v) is 4.86. The van der Waals surface area contributed by atoms with E-state index in [1.165, 1.54) is 11.3 Å². The number of hydrogen-bond acceptors (Lipinski definition) is 4. The van der Waals surface area contributed by atoms with Crippen LogP contribution >= 0.6 is 0 Å². The van der Waals surface area contributed by atoms with Crippen molar-refractivity contribution in [3.8, 4) is 6.19 Å². The Labute approximate surface area is 84.1 Å². The first-order chi connectivity index (χ1) is 6.72. The van der Waals surface area contributed by atoms with E-state index < -0.39 is 0 Å². The van der Waals surface area contributed by atoms with E-state index in [4.69, 9.17) is 5.26 Å². The molecule has 0 aromatic heterocycles. The molecule has 1 fully saturated rings. The molecule has 0 bridgehead atoms. The molecule has 2 aliphatic heterocycles. The number of hydrogen-bond donors (Lipinski definition) is 0. The molecule has 2 rings (SSSR count). The molecule has 0 aromatic rings. The van der Waals surface area contributed by atoms with Gasteiger partial charge in [0, 0.05) is 18.8 Å². The molecule has 2 aliphatic rings. The van der Waals surface area contributed by atoms with Crippen LogP contribution in [-0.4, -0.2) is 41.8 Å². The van der Waals surface area contributed by atoms with Crippen molar-refractivity contribution in [2.24, 2.45) is 4.99 Å². The van der Waals surface area contributed by atoms with E-state index in [1.807, 2.05) is 6.34 Å². The predicted octanol–water partition coefficient (Wildman–Crippen LogP) is 0.789. The quantitative estimate of drug-likeness (QED) is 0.530. The van der Waals surface area contributed by atoms with Crippen LogP contribution in [-0.2, 0) is 0 Å². The molecule has 14 heavy (non-hydrogen) atoms. The second kappa shape index (κ2) is 3.33. The number of fused-ring (bicyclic) bond motifs is 1. The molecular formula is C10H14N4. The lowest BCUT2D eigenvalue weighted by Crippen LogP contribution is -2.44. The van der Waals surface area contributed by atoms with Gasteiger partial charge in [0.25, 0.3) is 0 Å². The average Bonchev–Trinajstić information content (AvgIpc) is 2.23. The fourth-order valence-electron chi connectivity index (χ4n) is 1.81. The third-order valence-corrected chi connectivity index (χ3v) is 2.95. The van der Waals surface area contributed by atoms with E-state index in [2.05, 4.69) is 29.9 Å². The summed E-state index contributed by atoms with van der Waals surface area (Å²) in [7, 11) is 0. The summed E-state index contributed by atoms with van der Waals surface area (Å²) in [5.74, 6) is 0. The third kappa shape index (κ3) is 1.35. The Morgan fingerprint density at radius 3 is 3.07 bits per heavy atom. The van der Waals surface area contributed by atoms with Gasteiger partial charge in [-0.05, 0) is 19.4 Å². The van der Waals surface area contributed by atoms with Gasteiger partial charge < -0.3 is 9.80 Å². The van der Waals surface area contributed by atoms with Gasteiger partial charge in [0.05, 0.1) is 18.9 Å². The van der Waals surface area contributed by atoms with Crippen LogP contribution < -0.4 is 0 Å². The number of nitrogens with zero attached hydrogens (tertiary/aromatic N) is 4. The average molecular weight is 190 g/mol. The van der Waals surface area contributed by atoms with Crippen LogP contribution in [0.4, 0.5) is 0 Å². The van der Waals surface area contributed by atoms with E-state index in [9.17, 15) is 0 Å². The van der Waals surface area contributed by atoms with Crippen LogP contribution in [0.5, 0.6) is 0 Å².